The zero-order valence-corrected chi connectivity index (χ0v) is 16.8. The molecule has 1 heterocycles. The van der Waals surface area contributed by atoms with Crippen molar-refractivity contribution in [1.29, 1.82) is 0 Å². The van der Waals surface area contributed by atoms with Crippen LogP contribution in [0.2, 0.25) is 0 Å². The molecular formula is C22H42O3. The van der Waals surface area contributed by atoms with Crippen molar-refractivity contribution in [2.75, 3.05) is 0 Å². The van der Waals surface area contributed by atoms with Crippen LogP contribution >= 0.6 is 0 Å². The van der Waals surface area contributed by atoms with Gasteiger partial charge in [-0.3, -0.25) is 4.79 Å². The fourth-order valence-corrected chi connectivity index (χ4v) is 3.78. The largest absolute Gasteiger partial charge is 0.461 e. The van der Waals surface area contributed by atoms with E-state index in [1.165, 1.54) is 70.6 Å². The van der Waals surface area contributed by atoms with Crippen molar-refractivity contribution in [2.45, 2.75) is 129 Å². The number of cyclic esters (lactones) is 1. The highest BCUT2D eigenvalue weighted by Crippen LogP contribution is 2.31. The summed E-state index contributed by atoms with van der Waals surface area (Å²) in [6.45, 7) is 4.45. The predicted molar refractivity (Wildman–Crippen MR) is 105 cm³/mol. The van der Waals surface area contributed by atoms with Gasteiger partial charge in [-0.1, -0.05) is 97.3 Å². The first-order valence-electron chi connectivity index (χ1n) is 11.1. The van der Waals surface area contributed by atoms with Crippen LogP contribution in [-0.2, 0) is 9.53 Å². The molecule has 1 N–H and O–H groups in total. The predicted octanol–water partition coefficient (Wildman–Crippen LogP) is 6.17. The molecular weight excluding hydrogens is 312 g/mol. The van der Waals surface area contributed by atoms with E-state index in [1.54, 1.807) is 0 Å². The number of unbranched alkanes of at least 4 members (excludes halogenated alkanes) is 11. The molecule has 0 aromatic carbocycles. The number of esters is 1. The summed E-state index contributed by atoms with van der Waals surface area (Å²) >= 11 is 0. The number of hydrogen-bond acceptors (Lipinski definition) is 3. The Morgan fingerprint density at radius 1 is 0.840 bits per heavy atom. The van der Waals surface area contributed by atoms with Gasteiger partial charge in [0.1, 0.15) is 6.10 Å². The number of carbonyl (C=O) groups excluding carboxylic acids is 1. The van der Waals surface area contributed by atoms with Crippen LogP contribution in [0, 0.1) is 5.92 Å². The van der Waals surface area contributed by atoms with Gasteiger partial charge >= 0.3 is 5.97 Å². The lowest BCUT2D eigenvalue weighted by atomic mass is 9.86. The molecule has 0 bridgehead atoms. The number of carbonyl (C=O) groups is 1. The fourth-order valence-electron chi connectivity index (χ4n) is 3.78. The topological polar surface area (TPSA) is 46.5 Å². The second kappa shape index (κ2) is 14.6. The molecule has 1 aliphatic heterocycles. The Kier molecular flexibility index (Phi) is 13.1. The third-order valence-electron chi connectivity index (χ3n) is 5.53. The molecule has 0 saturated carbocycles. The molecule has 0 spiro atoms. The highest BCUT2D eigenvalue weighted by Gasteiger charge is 2.42. The molecule has 1 fully saturated rings. The summed E-state index contributed by atoms with van der Waals surface area (Å²) in [5, 5.41) is 10.2. The second-order valence-corrected chi connectivity index (χ2v) is 7.94. The Labute approximate surface area is 155 Å². The first kappa shape index (κ1) is 22.5. The van der Waals surface area contributed by atoms with Crippen molar-refractivity contribution in [2.24, 2.45) is 5.92 Å². The molecule has 1 rings (SSSR count). The Morgan fingerprint density at radius 3 is 1.92 bits per heavy atom. The van der Waals surface area contributed by atoms with Crippen LogP contribution in [-0.4, -0.2) is 23.3 Å². The van der Waals surface area contributed by atoms with Crippen molar-refractivity contribution in [1.82, 2.24) is 0 Å². The van der Waals surface area contributed by atoms with Gasteiger partial charge in [0.15, 0.2) is 0 Å². The van der Waals surface area contributed by atoms with Gasteiger partial charge in [-0.25, -0.2) is 0 Å². The van der Waals surface area contributed by atoms with E-state index in [9.17, 15) is 9.90 Å². The van der Waals surface area contributed by atoms with Crippen molar-refractivity contribution in [3.8, 4) is 0 Å². The molecule has 3 nitrogen and oxygen atoms in total. The van der Waals surface area contributed by atoms with Gasteiger partial charge in [-0.2, -0.15) is 0 Å². The maximum Gasteiger partial charge on any atom is 0.313 e. The standard InChI is InChI=1S/C22H42O3/c1-3-5-7-9-10-11-12-13-14-16-19(23)18-21-20(22(24)25-21)17-15-8-6-4-2/h19-21,23H,3-18H2,1-2H3/t19-,20-,21-/m1/s1. The third-order valence-corrected chi connectivity index (χ3v) is 5.53. The summed E-state index contributed by atoms with van der Waals surface area (Å²) in [4.78, 5) is 11.6. The molecule has 25 heavy (non-hydrogen) atoms. The minimum Gasteiger partial charge on any atom is -0.461 e. The molecule has 1 aliphatic rings. The van der Waals surface area contributed by atoms with Gasteiger partial charge in [-0.05, 0) is 12.8 Å². The minimum atomic E-state index is -0.305. The zero-order chi connectivity index (χ0) is 18.3. The number of rotatable bonds is 17. The Balaban J connectivity index is 1.98. The lowest BCUT2D eigenvalue weighted by molar-refractivity contribution is -0.188. The first-order valence-corrected chi connectivity index (χ1v) is 11.1. The highest BCUT2D eigenvalue weighted by molar-refractivity contribution is 5.78. The second-order valence-electron chi connectivity index (χ2n) is 7.94. The number of ether oxygens (including phenoxy) is 1. The average molecular weight is 355 g/mol. The lowest BCUT2D eigenvalue weighted by Crippen LogP contribution is -2.46. The molecule has 0 amide bonds. The Bertz CT molecular complexity index is 329. The van der Waals surface area contributed by atoms with E-state index in [1.807, 2.05) is 0 Å². The molecule has 3 heteroatoms. The SMILES string of the molecule is CCCCCCCCCCC[C@@H](O)C[C@H]1OC(=O)[C@@H]1CCCCCC. The van der Waals surface area contributed by atoms with Crippen molar-refractivity contribution >= 4 is 5.97 Å². The Morgan fingerprint density at radius 2 is 1.36 bits per heavy atom. The van der Waals surface area contributed by atoms with Crippen LogP contribution in [0.15, 0.2) is 0 Å². The summed E-state index contributed by atoms with van der Waals surface area (Å²) in [6.07, 6.45) is 18.6. The van der Waals surface area contributed by atoms with E-state index in [0.717, 1.165) is 25.7 Å². The monoisotopic (exact) mass is 354 g/mol. The molecule has 3 atom stereocenters. The molecule has 0 unspecified atom stereocenters. The summed E-state index contributed by atoms with van der Waals surface area (Å²) < 4.78 is 5.27. The van der Waals surface area contributed by atoms with E-state index in [0.29, 0.717) is 6.42 Å². The maximum absolute atomic E-state index is 11.6. The molecule has 0 aromatic rings. The van der Waals surface area contributed by atoms with Crippen molar-refractivity contribution < 1.29 is 14.6 Å². The number of hydrogen-bond donors (Lipinski definition) is 1. The quantitative estimate of drug-likeness (QED) is 0.251. The smallest absolute Gasteiger partial charge is 0.313 e. The van der Waals surface area contributed by atoms with E-state index in [-0.39, 0.29) is 24.1 Å². The van der Waals surface area contributed by atoms with Gasteiger partial charge in [0, 0.05) is 6.42 Å². The van der Waals surface area contributed by atoms with Crippen molar-refractivity contribution in [3.63, 3.8) is 0 Å². The molecule has 0 aromatic heterocycles. The summed E-state index contributed by atoms with van der Waals surface area (Å²) in [5.74, 6) is 0.00592. The normalized spacial score (nSPS) is 21.0. The van der Waals surface area contributed by atoms with Crippen LogP contribution in [0.25, 0.3) is 0 Å². The molecule has 0 radical (unpaired) electrons. The van der Waals surface area contributed by atoms with Gasteiger partial charge in [-0.15, -0.1) is 0 Å². The minimum absolute atomic E-state index is 0.0253. The molecule has 0 aliphatic carbocycles. The summed E-state index contributed by atoms with van der Waals surface area (Å²) in [5.41, 5.74) is 0. The van der Waals surface area contributed by atoms with E-state index in [2.05, 4.69) is 13.8 Å². The van der Waals surface area contributed by atoms with E-state index >= 15 is 0 Å². The summed E-state index contributed by atoms with van der Waals surface area (Å²) in [7, 11) is 0. The zero-order valence-electron chi connectivity index (χ0n) is 16.8. The first-order chi connectivity index (χ1) is 12.2. The van der Waals surface area contributed by atoms with Gasteiger partial charge < -0.3 is 9.84 Å². The fraction of sp³-hybridized carbons (Fsp3) is 0.955. The lowest BCUT2D eigenvalue weighted by Gasteiger charge is -2.36. The molecule has 1 saturated heterocycles. The van der Waals surface area contributed by atoms with Gasteiger partial charge in [0.2, 0.25) is 0 Å². The maximum atomic E-state index is 11.6. The summed E-state index contributed by atoms with van der Waals surface area (Å²) in [6, 6.07) is 0. The molecule has 148 valence electrons. The number of aliphatic hydroxyl groups excluding tert-OH is 1. The van der Waals surface area contributed by atoms with Crippen LogP contribution in [0.4, 0.5) is 0 Å². The van der Waals surface area contributed by atoms with Crippen LogP contribution < -0.4 is 0 Å². The van der Waals surface area contributed by atoms with E-state index in [4.69, 9.17) is 4.74 Å². The van der Waals surface area contributed by atoms with Crippen molar-refractivity contribution in [3.05, 3.63) is 0 Å². The van der Waals surface area contributed by atoms with Crippen LogP contribution in [0.5, 0.6) is 0 Å². The van der Waals surface area contributed by atoms with Gasteiger partial charge in [0.05, 0.1) is 12.0 Å². The highest BCUT2D eigenvalue weighted by atomic mass is 16.6. The average Bonchev–Trinajstić information content (AvgIpc) is 2.59. The van der Waals surface area contributed by atoms with Gasteiger partial charge in [0.25, 0.3) is 0 Å². The Hall–Kier alpha value is -0.570. The number of aliphatic hydroxyl groups is 1. The van der Waals surface area contributed by atoms with Crippen LogP contribution in [0.3, 0.4) is 0 Å². The van der Waals surface area contributed by atoms with E-state index < -0.39 is 0 Å². The van der Waals surface area contributed by atoms with Crippen LogP contribution in [0.1, 0.15) is 117 Å². The third kappa shape index (κ3) is 10.2.